The van der Waals surface area contributed by atoms with Gasteiger partial charge in [-0.15, -0.1) is 0 Å². The smallest absolute Gasteiger partial charge is 0.260 e. The Hall–Kier alpha value is -3.43. The van der Waals surface area contributed by atoms with Gasteiger partial charge in [-0.1, -0.05) is 18.5 Å². The van der Waals surface area contributed by atoms with Crippen molar-refractivity contribution in [3.63, 3.8) is 0 Å². The summed E-state index contributed by atoms with van der Waals surface area (Å²) < 4.78 is 42.1. The van der Waals surface area contributed by atoms with Crippen molar-refractivity contribution in [1.82, 2.24) is 19.5 Å². The third-order valence-electron chi connectivity index (χ3n) is 6.53. The first-order valence-corrected chi connectivity index (χ1v) is 12.1. The Morgan fingerprint density at radius 3 is 2.35 bits per heavy atom. The van der Waals surface area contributed by atoms with Crippen LogP contribution in [-0.4, -0.2) is 33.7 Å². The molecule has 3 heterocycles. The van der Waals surface area contributed by atoms with Crippen LogP contribution >= 0.6 is 11.6 Å². The Bertz CT molecular complexity index is 1500. The van der Waals surface area contributed by atoms with Gasteiger partial charge in [0, 0.05) is 30.0 Å². The van der Waals surface area contributed by atoms with Crippen molar-refractivity contribution < 1.29 is 18.3 Å². The van der Waals surface area contributed by atoms with Crippen LogP contribution < -0.4 is 10.3 Å². The third-order valence-corrected chi connectivity index (χ3v) is 6.75. The van der Waals surface area contributed by atoms with E-state index in [1.165, 1.54) is 7.11 Å². The molecule has 0 bridgehead atoms. The SMILES string of the molecule is CC[C@@H](C[C@@H](OC)c1ccnc(OC)c1)c1cc2nc(C)c(C)nc2n(-c2c(F)cc(Cl)cc2F)c1=O. The quantitative estimate of drug-likeness (QED) is 0.279. The first kappa shape index (κ1) is 26.6. The highest BCUT2D eigenvalue weighted by molar-refractivity contribution is 6.30. The molecule has 0 saturated heterocycles. The van der Waals surface area contributed by atoms with Crippen LogP contribution in [-0.2, 0) is 4.74 Å². The van der Waals surface area contributed by atoms with Crippen LogP contribution in [0.3, 0.4) is 0 Å². The summed E-state index contributed by atoms with van der Waals surface area (Å²) in [5.41, 5.74) is 1.65. The fraction of sp³-hybridized carbons (Fsp3) is 0.333. The number of pyridine rings is 2. The molecule has 0 unspecified atom stereocenters. The van der Waals surface area contributed by atoms with Crippen molar-refractivity contribution >= 4 is 22.8 Å². The van der Waals surface area contributed by atoms with Crippen LogP contribution in [0.5, 0.6) is 5.88 Å². The van der Waals surface area contributed by atoms with Crippen molar-refractivity contribution in [1.29, 1.82) is 0 Å². The van der Waals surface area contributed by atoms with E-state index in [1.807, 2.05) is 13.0 Å². The maximum atomic E-state index is 15.1. The van der Waals surface area contributed by atoms with Gasteiger partial charge >= 0.3 is 0 Å². The fourth-order valence-corrected chi connectivity index (χ4v) is 4.62. The Morgan fingerprint density at radius 1 is 1.05 bits per heavy atom. The molecule has 0 radical (unpaired) electrons. The number of aromatic nitrogens is 4. The minimum Gasteiger partial charge on any atom is -0.481 e. The van der Waals surface area contributed by atoms with E-state index in [0.717, 1.165) is 22.3 Å². The average molecular weight is 529 g/mol. The normalized spacial score (nSPS) is 13.1. The first-order chi connectivity index (χ1) is 17.7. The van der Waals surface area contributed by atoms with Crippen molar-refractivity contribution in [3.05, 3.63) is 86.1 Å². The Morgan fingerprint density at radius 2 is 1.73 bits per heavy atom. The Balaban J connectivity index is 1.93. The van der Waals surface area contributed by atoms with Crippen LogP contribution in [0.2, 0.25) is 5.02 Å². The summed E-state index contributed by atoms with van der Waals surface area (Å²) in [7, 11) is 3.11. The molecule has 10 heteroatoms. The first-order valence-electron chi connectivity index (χ1n) is 11.8. The van der Waals surface area contributed by atoms with Gasteiger partial charge in [0.15, 0.2) is 17.3 Å². The molecular weight excluding hydrogens is 502 g/mol. The van der Waals surface area contributed by atoms with Gasteiger partial charge in [0.05, 0.1) is 24.6 Å². The van der Waals surface area contributed by atoms with Gasteiger partial charge in [0.25, 0.3) is 5.56 Å². The molecule has 4 aromatic rings. The highest BCUT2D eigenvalue weighted by atomic mass is 35.5. The summed E-state index contributed by atoms with van der Waals surface area (Å²) in [4.78, 5) is 27.1. The molecule has 0 amide bonds. The molecule has 0 aliphatic heterocycles. The molecule has 0 saturated carbocycles. The largest absolute Gasteiger partial charge is 0.481 e. The van der Waals surface area contributed by atoms with E-state index in [1.54, 1.807) is 39.3 Å². The highest BCUT2D eigenvalue weighted by Crippen LogP contribution is 2.34. The number of rotatable bonds is 8. The van der Waals surface area contributed by atoms with Gasteiger partial charge in [0.2, 0.25) is 5.88 Å². The Labute approximate surface area is 218 Å². The standard InChI is InChI=1S/C27H27ClF2N4O3/c1-6-16(9-23(36-4)17-7-8-31-24(10-17)37-5)19-13-22-26(33-15(3)14(2)32-22)34(27(19)35)25-20(29)11-18(28)12-21(25)30/h7-8,10-13,16,23H,6,9H2,1-5H3/t16-,23+/m0/s1. The van der Waals surface area contributed by atoms with Crippen molar-refractivity contribution in [3.8, 4) is 11.6 Å². The predicted molar refractivity (Wildman–Crippen MR) is 138 cm³/mol. The van der Waals surface area contributed by atoms with Gasteiger partial charge in [-0.25, -0.2) is 23.7 Å². The number of hydrogen-bond donors (Lipinski definition) is 0. The number of methoxy groups -OCH3 is 2. The maximum absolute atomic E-state index is 15.1. The second-order valence-corrected chi connectivity index (χ2v) is 9.19. The summed E-state index contributed by atoms with van der Waals surface area (Å²) in [5.74, 6) is -1.83. The monoisotopic (exact) mass is 528 g/mol. The molecule has 1 aromatic carbocycles. The molecule has 0 N–H and O–H groups in total. The van der Waals surface area contributed by atoms with Crippen LogP contribution in [0.1, 0.15) is 54.3 Å². The zero-order chi connectivity index (χ0) is 26.9. The number of halogens is 3. The van der Waals surface area contributed by atoms with E-state index >= 15 is 8.78 Å². The number of nitrogens with zero attached hydrogens (tertiary/aromatic N) is 4. The second-order valence-electron chi connectivity index (χ2n) is 8.76. The Kier molecular flexibility index (Phi) is 7.85. The van der Waals surface area contributed by atoms with Gasteiger partial charge in [0.1, 0.15) is 11.2 Å². The zero-order valence-electron chi connectivity index (χ0n) is 21.2. The molecule has 3 aromatic heterocycles. The predicted octanol–water partition coefficient (Wildman–Crippen LogP) is 6.00. The summed E-state index contributed by atoms with van der Waals surface area (Å²) >= 11 is 5.85. The molecule has 0 aliphatic rings. The number of fused-ring (bicyclic) bond motifs is 1. The lowest BCUT2D eigenvalue weighted by Crippen LogP contribution is -2.28. The van der Waals surface area contributed by atoms with E-state index in [0.29, 0.717) is 41.2 Å². The van der Waals surface area contributed by atoms with Gasteiger partial charge in [-0.3, -0.25) is 9.36 Å². The van der Waals surface area contributed by atoms with Gasteiger partial charge in [-0.2, -0.15) is 0 Å². The van der Waals surface area contributed by atoms with E-state index in [-0.39, 0.29) is 22.7 Å². The average Bonchev–Trinajstić information content (AvgIpc) is 2.87. The molecular formula is C27H27ClF2N4O3. The highest BCUT2D eigenvalue weighted by Gasteiger charge is 2.26. The van der Waals surface area contributed by atoms with Crippen molar-refractivity contribution in [2.45, 2.75) is 45.6 Å². The van der Waals surface area contributed by atoms with Crippen LogP contribution in [0, 0.1) is 25.5 Å². The maximum Gasteiger partial charge on any atom is 0.260 e. The molecule has 0 spiro atoms. The van der Waals surface area contributed by atoms with E-state index in [9.17, 15) is 4.79 Å². The van der Waals surface area contributed by atoms with Crippen molar-refractivity contribution in [2.75, 3.05) is 14.2 Å². The van der Waals surface area contributed by atoms with Crippen LogP contribution in [0.4, 0.5) is 8.78 Å². The lowest BCUT2D eigenvalue weighted by atomic mass is 9.89. The lowest BCUT2D eigenvalue weighted by Gasteiger charge is -2.23. The summed E-state index contributed by atoms with van der Waals surface area (Å²) in [6.45, 7) is 5.45. The molecule has 0 fully saturated rings. The van der Waals surface area contributed by atoms with Crippen LogP contribution in [0.25, 0.3) is 16.9 Å². The molecule has 194 valence electrons. The number of benzene rings is 1. The number of aryl methyl sites for hydroxylation is 2. The third kappa shape index (κ3) is 5.19. The molecule has 4 rings (SSSR count). The van der Waals surface area contributed by atoms with Crippen molar-refractivity contribution in [2.24, 2.45) is 0 Å². The minimum absolute atomic E-state index is 0.0639. The molecule has 0 aliphatic carbocycles. The fourth-order valence-electron chi connectivity index (χ4n) is 4.43. The summed E-state index contributed by atoms with van der Waals surface area (Å²) in [6.07, 6.45) is 2.22. The molecule has 37 heavy (non-hydrogen) atoms. The van der Waals surface area contributed by atoms with Gasteiger partial charge < -0.3 is 9.47 Å². The number of ether oxygens (including phenoxy) is 2. The molecule has 7 nitrogen and oxygen atoms in total. The van der Waals surface area contributed by atoms with Crippen LogP contribution in [0.15, 0.2) is 41.3 Å². The number of hydrogen-bond acceptors (Lipinski definition) is 6. The summed E-state index contributed by atoms with van der Waals surface area (Å²) in [6, 6.07) is 7.18. The van der Waals surface area contributed by atoms with E-state index in [2.05, 4.69) is 15.0 Å². The summed E-state index contributed by atoms with van der Waals surface area (Å²) in [5, 5.41) is -0.118. The topological polar surface area (TPSA) is 79.1 Å². The molecule has 2 atom stereocenters. The van der Waals surface area contributed by atoms with Gasteiger partial charge in [-0.05, 0) is 62.4 Å². The zero-order valence-corrected chi connectivity index (χ0v) is 21.9. The minimum atomic E-state index is -0.975. The van der Waals surface area contributed by atoms with E-state index in [4.69, 9.17) is 21.1 Å². The lowest BCUT2D eigenvalue weighted by molar-refractivity contribution is 0.0879. The van der Waals surface area contributed by atoms with E-state index < -0.39 is 22.9 Å². The second kappa shape index (κ2) is 10.9.